The fourth-order valence-electron chi connectivity index (χ4n) is 1.38. The molecule has 0 aliphatic carbocycles. The molecule has 5 nitrogen and oxygen atoms in total. The van der Waals surface area contributed by atoms with Crippen molar-refractivity contribution in [1.82, 2.24) is 0 Å². The molecule has 0 bridgehead atoms. The molecule has 0 aliphatic rings. The van der Waals surface area contributed by atoms with Gasteiger partial charge < -0.3 is 14.6 Å². The quantitative estimate of drug-likeness (QED) is 0.415. The summed E-state index contributed by atoms with van der Waals surface area (Å²) in [6, 6.07) is 0. The van der Waals surface area contributed by atoms with Crippen molar-refractivity contribution in [2.75, 3.05) is 0 Å². The van der Waals surface area contributed by atoms with Crippen LogP contribution in [0.15, 0.2) is 24.8 Å². The first-order valence-electron chi connectivity index (χ1n) is 6.21. The predicted molar refractivity (Wildman–Crippen MR) is 71.1 cm³/mol. The Hall–Kier alpha value is -1.62. The van der Waals surface area contributed by atoms with Gasteiger partial charge in [-0.05, 0) is 20.3 Å². The van der Waals surface area contributed by atoms with E-state index >= 15 is 0 Å². The van der Waals surface area contributed by atoms with Crippen LogP contribution in [-0.4, -0.2) is 28.9 Å². The normalized spacial score (nSPS) is 14.9. The zero-order valence-electron chi connectivity index (χ0n) is 11.8. The van der Waals surface area contributed by atoms with Gasteiger partial charge in [0.1, 0.15) is 6.10 Å². The monoisotopic (exact) mass is 270 g/mol. The predicted octanol–water partition coefficient (Wildman–Crippen LogP) is 2.10. The molecule has 0 fully saturated rings. The number of aliphatic hydroxyl groups excluding tert-OH is 1. The first-order chi connectivity index (χ1) is 8.79. The van der Waals surface area contributed by atoms with Gasteiger partial charge in [-0.2, -0.15) is 0 Å². The molecule has 0 aromatic carbocycles. The molecule has 0 aromatic heterocycles. The Bertz CT molecular complexity index is 359. The number of hydrogen-bond donors (Lipinski definition) is 1. The number of ether oxygens (including phenoxy) is 2. The van der Waals surface area contributed by atoms with Crippen LogP contribution < -0.4 is 0 Å². The molecule has 19 heavy (non-hydrogen) atoms. The number of hydrogen-bond acceptors (Lipinski definition) is 5. The van der Waals surface area contributed by atoms with E-state index in [1.54, 1.807) is 0 Å². The molecule has 0 radical (unpaired) electrons. The van der Waals surface area contributed by atoms with Crippen molar-refractivity contribution < 1.29 is 24.2 Å². The van der Waals surface area contributed by atoms with Crippen LogP contribution in [0.4, 0.5) is 0 Å². The smallest absolute Gasteiger partial charge is 0.336 e. The first-order valence-corrected chi connectivity index (χ1v) is 6.21. The van der Waals surface area contributed by atoms with Gasteiger partial charge in [0.05, 0.1) is 0 Å². The number of aliphatic hydroxyl groups is 1. The third-order valence-corrected chi connectivity index (χ3v) is 2.57. The Morgan fingerprint density at radius 3 is 2.37 bits per heavy atom. The first kappa shape index (κ1) is 17.4. The fourth-order valence-corrected chi connectivity index (χ4v) is 1.38. The van der Waals surface area contributed by atoms with Crippen LogP contribution in [0.5, 0.6) is 0 Å². The third-order valence-electron chi connectivity index (χ3n) is 2.57. The van der Waals surface area contributed by atoms with E-state index in [4.69, 9.17) is 9.47 Å². The summed E-state index contributed by atoms with van der Waals surface area (Å²) in [5.74, 6) is -3.17. The van der Waals surface area contributed by atoms with E-state index in [1.165, 1.54) is 13.8 Å². The molecule has 0 aromatic rings. The van der Waals surface area contributed by atoms with Crippen molar-refractivity contribution in [3.8, 4) is 0 Å². The van der Waals surface area contributed by atoms with Gasteiger partial charge in [-0.15, -0.1) is 0 Å². The molecule has 0 saturated carbocycles. The van der Waals surface area contributed by atoms with Crippen LogP contribution in [0.2, 0.25) is 0 Å². The molecule has 0 rings (SSSR count). The van der Waals surface area contributed by atoms with Gasteiger partial charge >= 0.3 is 11.9 Å². The maximum absolute atomic E-state index is 11.6. The summed E-state index contributed by atoms with van der Waals surface area (Å²) in [5, 5.41) is 9.85. The molecule has 0 heterocycles. The highest BCUT2D eigenvalue weighted by Crippen LogP contribution is 2.27. The van der Waals surface area contributed by atoms with E-state index in [2.05, 4.69) is 13.2 Å². The lowest BCUT2D eigenvalue weighted by Gasteiger charge is -2.34. The summed E-state index contributed by atoms with van der Waals surface area (Å²) in [4.78, 5) is 23.0. The second-order valence-electron chi connectivity index (χ2n) is 4.39. The van der Waals surface area contributed by atoms with Gasteiger partial charge in [0.15, 0.2) is 0 Å². The highest BCUT2D eigenvalue weighted by molar-refractivity contribution is 5.87. The molecule has 5 heteroatoms. The molecule has 0 saturated heterocycles. The lowest BCUT2D eigenvalue weighted by Crippen LogP contribution is -2.48. The number of rotatable bonds is 8. The van der Waals surface area contributed by atoms with Crippen molar-refractivity contribution in [3.05, 3.63) is 24.8 Å². The van der Waals surface area contributed by atoms with Crippen LogP contribution in [0.25, 0.3) is 0 Å². The van der Waals surface area contributed by atoms with Gasteiger partial charge in [-0.25, -0.2) is 9.59 Å². The topological polar surface area (TPSA) is 72.8 Å². The molecule has 108 valence electrons. The summed E-state index contributed by atoms with van der Waals surface area (Å²) in [7, 11) is 0. The van der Waals surface area contributed by atoms with Gasteiger partial charge in [0, 0.05) is 18.1 Å². The summed E-state index contributed by atoms with van der Waals surface area (Å²) >= 11 is 0. The Balaban J connectivity index is 5.23. The van der Waals surface area contributed by atoms with Crippen LogP contribution in [0.3, 0.4) is 0 Å². The highest BCUT2D eigenvalue weighted by Gasteiger charge is 2.42. The lowest BCUT2D eigenvalue weighted by atomic mass is 10.0. The van der Waals surface area contributed by atoms with Crippen LogP contribution in [-0.2, 0) is 19.1 Å². The van der Waals surface area contributed by atoms with E-state index in [1.807, 2.05) is 6.92 Å². The zero-order chi connectivity index (χ0) is 15.1. The van der Waals surface area contributed by atoms with Gasteiger partial charge in [0.25, 0.3) is 5.79 Å². The zero-order valence-corrected chi connectivity index (χ0v) is 11.8. The third kappa shape index (κ3) is 5.26. The van der Waals surface area contributed by atoms with Crippen molar-refractivity contribution in [3.63, 3.8) is 0 Å². The average molecular weight is 270 g/mol. The Morgan fingerprint density at radius 2 is 2.00 bits per heavy atom. The number of carbonyl (C=O) groups is 2. The summed E-state index contributed by atoms with van der Waals surface area (Å²) in [6.45, 7) is 11.6. The molecular weight excluding hydrogens is 248 g/mol. The van der Waals surface area contributed by atoms with Crippen molar-refractivity contribution in [1.29, 1.82) is 0 Å². The minimum Gasteiger partial charge on any atom is -0.416 e. The second kappa shape index (κ2) is 7.74. The van der Waals surface area contributed by atoms with E-state index in [9.17, 15) is 14.7 Å². The highest BCUT2D eigenvalue weighted by atomic mass is 16.7. The van der Waals surface area contributed by atoms with E-state index in [0.717, 1.165) is 12.5 Å². The molecule has 1 N–H and O–H groups in total. The molecule has 0 spiro atoms. The number of carbonyl (C=O) groups excluding carboxylic acids is 2. The van der Waals surface area contributed by atoms with E-state index in [-0.39, 0.29) is 12.0 Å². The lowest BCUT2D eigenvalue weighted by molar-refractivity contribution is -0.256. The van der Waals surface area contributed by atoms with Gasteiger partial charge in [-0.1, -0.05) is 26.5 Å². The molecular formula is C14H22O5. The summed E-state index contributed by atoms with van der Waals surface area (Å²) in [6.07, 6.45) is 1.42. The maximum Gasteiger partial charge on any atom is 0.336 e. The Labute approximate surface area is 113 Å². The minimum atomic E-state index is -1.70. The average Bonchev–Trinajstić information content (AvgIpc) is 2.35. The Kier molecular flexibility index (Phi) is 7.08. The van der Waals surface area contributed by atoms with Crippen molar-refractivity contribution in [2.45, 2.75) is 51.9 Å². The summed E-state index contributed by atoms with van der Waals surface area (Å²) in [5.41, 5.74) is 0.163. The van der Waals surface area contributed by atoms with E-state index < -0.39 is 23.8 Å². The maximum atomic E-state index is 11.6. The molecule has 0 amide bonds. The fraction of sp³-hybridized carbons (Fsp3) is 0.571. The van der Waals surface area contributed by atoms with Crippen LogP contribution in [0.1, 0.15) is 40.0 Å². The second-order valence-corrected chi connectivity index (χ2v) is 4.39. The van der Waals surface area contributed by atoms with Crippen LogP contribution >= 0.6 is 0 Å². The summed E-state index contributed by atoms with van der Waals surface area (Å²) < 4.78 is 10.2. The minimum absolute atomic E-state index is 0.163. The van der Waals surface area contributed by atoms with Gasteiger partial charge in [0.2, 0.25) is 0 Å². The largest absolute Gasteiger partial charge is 0.416 e. The molecule has 0 aliphatic heterocycles. The number of unbranched alkanes of at least 4 members (excludes halogenated alkanes) is 1. The van der Waals surface area contributed by atoms with E-state index in [0.29, 0.717) is 6.42 Å². The number of esters is 2. The Morgan fingerprint density at radius 1 is 1.42 bits per heavy atom. The van der Waals surface area contributed by atoms with Crippen molar-refractivity contribution >= 4 is 11.9 Å². The van der Waals surface area contributed by atoms with Crippen molar-refractivity contribution in [2.24, 2.45) is 0 Å². The molecule has 2 atom stereocenters. The molecule has 2 unspecified atom stereocenters. The standard InChI is InChI=1S/C14H22O5/c1-6-8-9-14(11(5)15,18-12(16)7-2)19-13(17)10(3)4/h7,11,15H,2-3,6,8-9H2,1,4-5H3. The van der Waals surface area contributed by atoms with Crippen LogP contribution in [0, 0.1) is 0 Å². The SMILES string of the molecule is C=CC(=O)OC(CCCC)(OC(=O)C(=C)C)C(C)O. The van der Waals surface area contributed by atoms with Gasteiger partial charge in [-0.3, -0.25) is 0 Å².